The number of alkyl halides is 2. The predicted molar refractivity (Wildman–Crippen MR) is 52.0 cm³/mol. The van der Waals surface area contributed by atoms with Gasteiger partial charge in [-0.25, -0.2) is 8.78 Å². The van der Waals surface area contributed by atoms with Crippen LogP contribution in [0.5, 0.6) is 0 Å². The fourth-order valence-corrected chi connectivity index (χ4v) is 1.42. The summed E-state index contributed by atoms with van der Waals surface area (Å²) in [5, 5.41) is 7.13. The second-order valence-corrected chi connectivity index (χ2v) is 3.70. The van der Waals surface area contributed by atoms with E-state index >= 15 is 0 Å². The lowest BCUT2D eigenvalue weighted by Crippen LogP contribution is -1.97. The van der Waals surface area contributed by atoms with Crippen LogP contribution >= 0.6 is 0 Å². The summed E-state index contributed by atoms with van der Waals surface area (Å²) < 4.78 is 26.4. The maximum atomic E-state index is 12.5. The monoisotopic (exact) mass is 211 g/mol. The van der Waals surface area contributed by atoms with Crippen LogP contribution in [0.4, 0.5) is 8.78 Å². The van der Waals surface area contributed by atoms with Crippen LogP contribution in [0.3, 0.4) is 0 Å². The highest BCUT2D eigenvalue weighted by Crippen LogP contribution is 2.20. The molecule has 2 aromatic rings. The molecule has 0 aromatic carbocycles. The number of pyridine rings is 1. The van der Waals surface area contributed by atoms with Crippen LogP contribution in [0.2, 0.25) is 0 Å². The molecule has 0 saturated carbocycles. The maximum Gasteiger partial charge on any atom is 0.297 e. The van der Waals surface area contributed by atoms with Gasteiger partial charge in [0.25, 0.3) is 6.43 Å². The summed E-state index contributed by atoms with van der Waals surface area (Å²) in [6.45, 7) is 4.02. The quantitative estimate of drug-likeness (QED) is 0.764. The van der Waals surface area contributed by atoms with Crippen molar-refractivity contribution in [3.63, 3.8) is 0 Å². The number of aromatic nitrogens is 3. The fraction of sp³-hybridized carbons (Fsp3) is 0.400. The molecule has 15 heavy (non-hydrogen) atoms. The molecule has 5 heteroatoms. The van der Waals surface area contributed by atoms with Crippen molar-refractivity contribution in [1.29, 1.82) is 0 Å². The van der Waals surface area contributed by atoms with E-state index in [4.69, 9.17) is 0 Å². The highest BCUT2D eigenvalue weighted by atomic mass is 19.3. The third-order valence-corrected chi connectivity index (χ3v) is 2.31. The molecule has 0 fully saturated rings. The SMILES string of the molecule is CC(C)c1ccc2nnc(C(F)F)n2c1. The Labute approximate surface area is 85.7 Å². The first-order chi connectivity index (χ1) is 7.09. The fourth-order valence-electron chi connectivity index (χ4n) is 1.42. The molecule has 0 atom stereocenters. The lowest BCUT2D eigenvalue weighted by atomic mass is 10.1. The van der Waals surface area contributed by atoms with Crippen LogP contribution in [-0.2, 0) is 0 Å². The van der Waals surface area contributed by atoms with E-state index in [1.165, 1.54) is 4.40 Å². The first-order valence-corrected chi connectivity index (χ1v) is 4.72. The van der Waals surface area contributed by atoms with Crippen LogP contribution < -0.4 is 0 Å². The van der Waals surface area contributed by atoms with E-state index in [0.29, 0.717) is 11.6 Å². The molecule has 0 saturated heterocycles. The normalized spacial score (nSPS) is 11.9. The number of nitrogens with zero attached hydrogens (tertiary/aromatic N) is 3. The van der Waals surface area contributed by atoms with E-state index in [9.17, 15) is 8.78 Å². The van der Waals surface area contributed by atoms with Gasteiger partial charge in [0.2, 0.25) is 5.82 Å². The van der Waals surface area contributed by atoms with Gasteiger partial charge in [0.1, 0.15) is 0 Å². The number of halogens is 2. The molecular weight excluding hydrogens is 200 g/mol. The van der Waals surface area contributed by atoms with Crippen molar-refractivity contribution in [1.82, 2.24) is 14.6 Å². The molecule has 0 radical (unpaired) electrons. The molecular formula is C10H11F2N3. The average molecular weight is 211 g/mol. The average Bonchev–Trinajstić information content (AvgIpc) is 2.59. The smallest absolute Gasteiger partial charge is 0.281 e. The summed E-state index contributed by atoms with van der Waals surface area (Å²) >= 11 is 0. The van der Waals surface area contributed by atoms with Gasteiger partial charge in [0.15, 0.2) is 5.65 Å². The third kappa shape index (κ3) is 1.69. The second kappa shape index (κ2) is 3.56. The van der Waals surface area contributed by atoms with Crippen molar-refractivity contribution >= 4 is 5.65 Å². The molecule has 0 aliphatic carbocycles. The summed E-state index contributed by atoms with van der Waals surface area (Å²) in [6.07, 6.45) is -0.927. The van der Waals surface area contributed by atoms with Crippen molar-refractivity contribution in [2.45, 2.75) is 26.2 Å². The minimum Gasteiger partial charge on any atom is -0.281 e. The minimum atomic E-state index is -2.59. The molecule has 3 nitrogen and oxygen atoms in total. The van der Waals surface area contributed by atoms with Gasteiger partial charge in [-0.2, -0.15) is 0 Å². The molecule has 2 aromatic heterocycles. The lowest BCUT2D eigenvalue weighted by molar-refractivity contribution is 0.139. The van der Waals surface area contributed by atoms with E-state index in [1.54, 1.807) is 12.3 Å². The number of hydrogen-bond donors (Lipinski definition) is 0. The Kier molecular flexibility index (Phi) is 2.38. The summed E-state index contributed by atoms with van der Waals surface area (Å²) in [5.41, 5.74) is 1.44. The summed E-state index contributed by atoms with van der Waals surface area (Å²) in [7, 11) is 0. The molecule has 0 unspecified atom stereocenters. The molecule has 0 aliphatic rings. The largest absolute Gasteiger partial charge is 0.297 e. The Balaban J connectivity index is 2.61. The standard InChI is InChI=1S/C10H11F2N3/c1-6(2)7-3-4-8-13-14-10(9(11)12)15(8)5-7/h3-6,9H,1-2H3. The van der Waals surface area contributed by atoms with Gasteiger partial charge >= 0.3 is 0 Å². The first-order valence-electron chi connectivity index (χ1n) is 4.72. The second-order valence-electron chi connectivity index (χ2n) is 3.70. The Hall–Kier alpha value is -1.52. The summed E-state index contributed by atoms with van der Waals surface area (Å²) in [5.74, 6) is -0.00479. The van der Waals surface area contributed by atoms with E-state index in [0.717, 1.165) is 5.56 Å². The zero-order chi connectivity index (χ0) is 11.0. The van der Waals surface area contributed by atoms with Crippen molar-refractivity contribution in [3.05, 3.63) is 29.7 Å². The van der Waals surface area contributed by atoms with E-state index in [2.05, 4.69) is 10.2 Å². The Morgan fingerprint density at radius 3 is 2.53 bits per heavy atom. The summed E-state index contributed by atoms with van der Waals surface area (Å²) in [6, 6.07) is 3.58. The predicted octanol–water partition coefficient (Wildman–Crippen LogP) is 2.79. The number of hydrogen-bond acceptors (Lipinski definition) is 2. The van der Waals surface area contributed by atoms with Crippen LogP contribution in [0.1, 0.15) is 37.6 Å². The van der Waals surface area contributed by atoms with E-state index in [1.807, 2.05) is 19.9 Å². The van der Waals surface area contributed by atoms with Crippen molar-refractivity contribution in [3.8, 4) is 0 Å². The van der Waals surface area contributed by atoms with Gasteiger partial charge in [-0.1, -0.05) is 19.9 Å². The molecule has 0 aliphatic heterocycles. The number of rotatable bonds is 2. The highest BCUT2D eigenvalue weighted by Gasteiger charge is 2.15. The maximum absolute atomic E-state index is 12.5. The zero-order valence-corrected chi connectivity index (χ0v) is 8.48. The first kappa shape index (κ1) is 10.0. The van der Waals surface area contributed by atoms with Gasteiger partial charge in [-0.05, 0) is 17.5 Å². The zero-order valence-electron chi connectivity index (χ0n) is 8.48. The Bertz CT molecular complexity index is 476. The molecule has 0 bridgehead atoms. The van der Waals surface area contributed by atoms with Gasteiger partial charge < -0.3 is 0 Å². The molecule has 80 valence electrons. The van der Waals surface area contributed by atoms with E-state index in [-0.39, 0.29) is 5.82 Å². The molecule has 2 heterocycles. The highest BCUT2D eigenvalue weighted by molar-refractivity contribution is 5.40. The van der Waals surface area contributed by atoms with Crippen molar-refractivity contribution < 1.29 is 8.78 Å². The van der Waals surface area contributed by atoms with Crippen LogP contribution in [-0.4, -0.2) is 14.6 Å². The summed E-state index contributed by atoms with van der Waals surface area (Å²) in [4.78, 5) is 0. The van der Waals surface area contributed by atoms with Crippen molar-refractivity contribution in [2.75, 3.05) is 0 Å². The Morgan fingerprint density at radius 2 is 1.93 bits per heavy atom. The van der Waals surface area contributed by atoms with Crippen LogP contribution in [0.15, 0.2) is 18.3 Å². The molecule has 0 amide bonds. The molecule has 2 rings (SSSR count). The van der Waals surface area contributed by atoms with Gasteiger partial charge in [-0.15, -0.1) is 10.2 Å². The Morgan fingerprint density at radius 1 is 1.20 bits per heavy atom. The minimum absolute atomic E-state index is 0.294. The topological polar surface area (TPSA) is 30.2 Å². The van der Waals surface area contributed by atoms with E-state index < -0.39 is 6.43 Å². The van der Waals surface area contributed by atoms with Gasteiger partial charge in [0, 0.05) is 6.20 Å². The van der Waals surface area contributed by atoms with Crippen LogP contribution in [0.25, 0.3) is 5.65 Å². The third-order valence-electron chi connectivity index (χ3n) is 2.31. The van der Waals surface area contributed by atoms with Gasteiger partial charge in [0.05, 0.1) is 0 Å². The molecule has 0 N–H and O–H groups in total. The van der Waals surface area contributed by atoms with Crippen molar-refractivity contribution in [2.24, 2.45) is 0 Å². The lowest BCUT2D eigenvalue weighted by Gasteiger charge is -2.06. The van der Waals surface area contributed by atoms with Crippen LogP contribution in [0, 0.1) is 0 Å². The number of fused-ring (bicyclic) bond motifs is 1. The van der Waals surface area contributed by atoms with Gasteiger partial charge in [-0.3, -0.25) is 4.40 Å². The molecule has 0 spiro atoms.